The third kappa shape index (κ3) is 1.25. The molecule has 2 N–H and O–H groups in total. The van der Waals surface area contributed by atoms with Crippen LogP contribution in [0.1, 0.15) is 5.82 Å². The van der Waals surface area contributed by atoms with Crippen molar-refractivity contribution in [1.82, 2.24) is 9.66 Å². The van der Waals surface area contributed by atoms with Gasteiger partial charge < -0.3 is 10.6 Å². The van der Waals surface area contributed by atoms with E-state index in [0.29, 0.717) is 6.61 Å². The van der Waals surface area contributed by atoms with E-state index in [-0.39, 0.29) is 0 Å². The van der Waals surface area contributed by atoms with Gasteiger partial charge in [-0.3, -0.25) is 0 Å². The SMILES string of the molecule is COCc1nc2ccccc2n1N. The van der Waals surface area contributed by atoms with E-state index in [1.165, 1.54) is 0 Å². The fourth-order valence-corrected chi connectivity index (χ4v) is 1.33. The molecule has 1 aromatic heterocycles. The Kier molecular flexibility index (Phi) is 1.90. The van der Waals surface area contributed by atoms with E-state index in [2.05, 4.69) is 4.98 Å². The number of hydrogen-bond donors (Lipinski definition) is 1. The minimum Gasteiger partial charge on any atom is -0.377 e. The van der Waals surface area contributed by atoms with Crippen LogP contribution in [0, 0.1) is 0 Å². The molecule has 1 aromatic carbocycles. The van der Waals surface area contributed by atoms with Crippen LogP contribution in [0.15, 0.2) is 24.3 Å². The molecule has 0 spiro atoms. The van der Waals surface area contributed by atoms with E-state index in [4.69, 9.17) is 10.6 Å². The first-order valence-corrected chi connectivity index (χ1v) is 4.03. The van der Waals surface area contributed by atoms with Crippen LogP contribution in [0.25, 0.3) is 11.0 Å². The molecule has 0 amide bonds. The van der Waals surface area contributed by atoms with Crippen molar-refractivity contribution in [2.24, 2.45) is 0 Å². The Morgan fingerprint density at radius 2 is 2.23 bits per heavy atom. The third-order valence-electron chi connectivity index (χ3n) is 1.94. The van der Waals surface area contributed by atoms with Gasteiger partial charge in [0, 0.05) is 7.11 Å². The molecule has 0 aliphatic carbocycles. The molecule has 0 fully saturated rings. The normalized spacial score (nSPS) is 10.8. The van der Waals surface area contributed by atoms with Gasteiger partial charge in [0.15, 0.2) is 5.82 Å². The van der Waals surface area contributed by atoms with Crippen LogP contribution >= 0.6 is 0 Å². The molecule has 0 aliphatic heterocycles. The number of nitrogens with zero attached hydrogens (tertiary/aromatic N) is 2. The maximum absolute atomic E-state index is 5.80. The highest BCUT2D eigenvalue weighted by Gasteiger charge is 2.05. The zero-order chi connectivity index (χ0) is 9.26. The van der Waals surface area contributed by atoms with Crippen molar-refractivity contribution in [3.63, 3.8) is 0 Å². The average molecular weight is 177 g/mol. The van der Waals surface area contributed by atoms with Gasteiger partial charge >= 0.3 is 0 Å². The first kappa shape index (κ1) is 8.07. The van der Waals surface area contributed by atoms with Crippen molar-refractivity contribution in [1.29, 1.82) is 0 Å². The van der Waals surface area contributed by atoms with E-state index in [0.717, 1.165) is 16.9 Å². The van der Waals surface area contributed by atoms with Crippen molar-refractivity contribution in [2.75, 3.05) is 13.0 Å². The Labute approximate surface area is 75.9 Å². The number of nitrogen functional groups attached to an aromatic ring is 1. The molecule has 4 nitrogen and oxygen atoms in total. The third-order valence-corrected chi connectivity index (χ3v) is 1.94. The summed E-state index contributed by atoms with van der Waals surface area (Å²) in [5, 5.41) is 0. The van der Waals surface area contributed by atoms with Crippen molar-refractivity contribution in [2.45, 2.75) is 6.61 Å². The second-order valence-electron chi connectivity index (χ2n) is 2.82. The van der Waals surface area contributed by atoms with Gasteiger partial charge in [0.1, 0.15) is 6.61 Å². The molecular weight excluding hydrogens is 166 g/mol. The molecule has 0 atom stereocenters. The van der Waals surface area contributed by atoms with Gasteiger partial charge in [-0.1, -0.05) is 12.1 Å². The van der Waals surface area contributed by atoms with Crippen molar-refractivity contribution in [3.8, 4) is 0 Å². The quantitative estimate of drug-likeness (QED) is 0.693. The highest BCUT2D eigenvalue weighted by Crippen LogP contribution is 2.12. The molecule has 0 radical (unpaired) electrons. The van der Waals surface area contributed by atoms with E-state index < -0.39 is 0 Å². The Morgan fingerprint density at radius 3 is 2.92 bits per heavy atom. The molecule has 2 rings (SSSR count). The Hall–Kier alpha value is -1.55. The number of nitrogens with two attached hydrogens (primary N) is 1. The number of imidazole rings is 1. The van der Waals surface area contributed by atoms with Crippen molar-refractivity contribution < 1.29 is 4.74 Å². The average Bonchev–Trinajstić information content (AvgIpc) is 2.46. The summed E-state index contributed by atoms with van der Waals surface area (Å²) >= 11 is 0. The summed E-state index contributed by atoms with van der Waals surface area (Å²) in [6.45, 7) is 0.436. The van der Waals surface area contributed by atoms with Crippen LogP contribution in [0.4, 0.5) is 0 Å². The maximum Gasteiger partial charge on any atom is 0.154 e. The molecular formula is C9H11N3O. The molecule has 68 valence electrons. The van der Waals surface area contributed by atoms with Crippen LogP contribution in [0.5, 0.6) is 0 Å². The lowest BCUT2D eigenvalue weighted by molar-refractivity contribution is 0.176. The Balaban J connectivity index is 2.60. The second-order valence-corrected chi connectivity index (χ2v) is 2.82. The molecule has 0 saturated heterocycles. The van der Waals surface area contributed by atoms with E-state index in [1.54, 1.807) is 11.8 Å². The minimum absolute atomic E-state index is 0.436. The lowest BCUT2D eigenvalue weighted by Crippen LogP contribution is -2.12. The fourth-order valence-electron chi connectivity index (χ4n) is 1.33. The zero-order valence-corrected chi connectivity index (χ0v) is 7.40. The molecule has 0 unspecified atom stereocenters. The van der Waals surface area contributed by atoms with Crippen LogP contribution in [0.3, 0.4) is 0 Å². The molecule has 2 aromatic rings. The van der Waals surface area contributed by atoms with Crippen LogP contribution in [-0.4, -0.2) is 16.8 Å². The van der Waals surface area contributed by atoms with Gasteiger partial charge in [0.05, 0.1) is 11.0 Å². The topological polar surface area (TPSA) is 53.1 Å². The van der Waals surface area contributed by atoms with E-state index in [9.17, 15) is 0 Å². The summed E-state index contributed by atoms with van der Waals surface area (Å²) < 4.78 is 6.53. The number of para-hydroxylation sites is 2. The molecule has 0 bridgehead atoms. The number of aromatic nitrogens is 2. The molecule has 0 saturated carbocycles. The summed E-state index contributed by atoms with van der Waals surface area (Å²) in [7, 11) is 1.62. The summed E-state index contributed by atoms with van der Waals surface area (Å²) in [6, 6.07) is 7.73. The maximum atomic E-state index is 5.80. The smallest absolute Gasteiger partial charge is 0.154 e. The number of rotatable bonds is 2. The van der Waals surface area contributed by atoms with Gasteiger partial charge in [-0.25, -0.2) is 9.66 Å². The zero-order valence-electron chi connectivity index (χ0n) is 7.40. The second kappa shape index (κ2) is 3.06. The first-order valence-electron chi connectivity index (χ1n) is 4.03. The van der Waals surface area contributed by atoms with Gasteiger partial charge in [0.2, 0.25) is 0 Å². The standard InChI is InChI=1S/C9H11N3O/c1-13-6-9-11-7-4-2-3-5-8(7)12(9)10/h2-5H,6,10H2,1H3. The van der Waals surface area contributed by atoms with Crippen LogP contribution < -0.4 is 5.84 Å². The predicted molar refractivity (Wildman–Crippen MR) is 50.6 cm³/mol. The molecule has 13 heavy (non-hydrogen) atoms. The largest absolute Gasteiger partial charge is 0.377 e. The minimum atomic E-state index is 0.436. The fraction of sp³-hybridized carbons (Fsp3) is 0.222. The van der Waals surface area contributed by atoms with Gasteiger partial charge in [-0.2, -0.15) is 0 Å². The number of fused-ring (bicyclic) bond motifs is 1. The molecule has 4 heteroatoms. The van der Waals surface area contributed by atoms with Gasteiger partial charge in [-0.15, -0.1) is 0 Å². The van der Waals surface area contributed by atoms with Crippen molar-refractivity contribution in [3.05, 3.63) is 30.1 Å². The summed E-state index contributed by atoms with van der Waals surface area (Å²) in [4.78, 5) is 4.31. The summed E-state index contributed by atoms with van der Waals surface area (Å²) in [6.07, 6.45) is 0. The highest BCUT2D eigenvalue weighted by molar-refractivity contribution is 5.75. The van der Waals surface area contributed by atoms with E-state index in [1.807, 2.05) is 24.3 Å². The Bertz CT molecular complexity index is 422. The highest BCUT2D eigenvalue weighted by atomic mass is 16.5. The van der Waals surface area contributed by atoms with Crippen LogP contribution in [-0.2, 0) is 11.3 Å². The number of hydrogen-bond acceptors (Lipinski definition) is 3. The van der Waals surface area contributed by atoms with Crippen molar-refractivity contribution >= 4 is 11.0 Å². The Morgan fingerprint density at radius 1 is 1.46 bits per heavy atom. The summed E-state index contributed by atoms with van der Waals surface area (Å²) in [5.41, 5.74) is 1.83. The number of benzene rings is 1. The van der Waals surface area contributed by atoms with Gasteiger partial charge in [0.25, 0.3) is 0 Å². The number of methoxy groups -OCH3 is 1. The van der Waals surface area contributed by atoms with E-state index >= 15 is 0 Å². The monoisotopic (exact) mass is 177 g/mol. The molecule has 1 heterocycles. The lowest BCUT2D eigenvalue weighted by atomic mass is 10.3. The van der Waals surface area contributed by atoms with Crippen LogP contribution in [0.2, 0.25) is 0 Å². The molecule has 0 aliphatic rings. The number of ether oxygens (including phenoxy) is 1. The summed E-state index contributed by atoms with van der Waals surface area (Å²) in [5.74, 6) is 6.54. The predicted octanol–water partition coefficient (Wildman–Crippen LogP) is 0.896. The lowest BCUT2D eigenvalue weighted by Gasteiger charge is -1.99. The van der Waals surface area contributed by atoms with Gasteiger partial charge in [-0.05, 0) is 12.1 Å². The first-order chi connectivity index (χ1) is 6.33.